The average Bonchev–Trinajstić information content (AvgIpc) is 3.33. The number of amides is 1. The van der Waals surface area contributed by atoms with Crippen molar-refractivity contribution in [2.75, 3.05) is 11.9 Å². The number of anilines is 1. The second-order valence-corrected chi connectivity index (χ2v) is 11.5. The van der Waals surface area contributed by atoms with Crippen LogP contribution in [0.15, 0.2) is 60.2 Å². The molecule has 2 aromatic carbocycles. The van der Waals surface area contributed by atoms with E-state index in [1.165, 1.54) is 75.5 Å². The Bertz CT molecular complexity index is 1070. The monoisotopic (exact) mass is 614 g/mol. The van der Waals surface area contributed by atoms with E-state index >= 15 is 0 Å². The number of aryl methyl sites for hydroxylation is 1. The maximum absolute atomic E-state index is 12.7. The lowest BCUT2D eigenvalue weighted by Crippen LogP contribution is -3.00. The highest BCUT2D eigenvalue weighted by molar-refractivity contribution is 7.09. The Hall–Kier alpha value is -2.18. The molecule has 0 aliphatic heterocycles. The van der Waals surface area contributed by atoms with Crippen LogP contribution in [-0.2, 0) is 17.8 Å². The lowest BCUT2D eigenvalue weighted by atomic mass is 10.1. The molecule has 0 fully saturated rings. The molecule has 4 nitrogen and oxygen atoms in total. The summed E-state index contributed by atoms with van der Waals surface area (Å²) in [6, 6.07) is 16.0. The van der Waals surface area contributed by atoms with Crippen LogP contribution in [0, 0.1) is 6.92 Å². The molecule has 1 heterocycles. The van der Waals surface area contributed by atoms with Crippen LogP contribution in [0.3, 0.4) is 0 Å². The topological polar surface area (TPSA) is 42.2 Å². The third-order valence-corrected chi connectivity index (χ3v) is 7.77. The zero-order chi connectivity index (χ0) is 26.8. The maximum atomic E-state index is 12.7. The molecule has 0 atom stereocenters. The van der Waals surface area contributed by atoms with E-state index in [-0.39, 0.29) is 22.9 Å². The van der Waals surface area contributed by atoms with Crippen molar-refractivity contribution in [3.05, 3.63) is 76.2 Å². The van der Waals surface area contributed by atoms with Crippen molar-refractivity contribution in [3.8, 4) is 5.75 Å². The first kappa shape index (κ1) is 33.0. The van der Waals surface area contributed by atoms with Crippen LogP contribution in [0.1, 0.15) is 100.0 Å². The number of aromatic nitrogens is 1. The minimum atomic E-state index is -0.00545. The van der Waals surface area contributed by atoms with Gasteiger partial charge in [-0.1, -0.05) is 119 Å². The van der Waals surface area contributed by atoms with Crippen LogP contribution in [0.4, 0.5) is 5.69 Å². The van der Waals surface area contributed by atoms with Gasteiger partial charge in [0.2, 0.25) is 11.4 Å². The van der Waals surface area contributed by atoms with Crippen LogP contribution in [-0.4, -0.2) is 12.5 Å². The van der Waals surface area contributed by atoms with Crippen molar-refractivity contribution < 1.29 is 31.1 Å². The molecule has 0 radical (unpaired) electrons. The molecule has 0 bridgehead atoms. The van der Waals surface area contributed by atoms with E-state index < -0.39 is 0 Å². The van der Waals surface area contributed by atoms with E-state index in [2.05, 4.69) is 41.5 Å². The Morgan fingerprint density at radius 2 is 1.46 bits per heavy atom. The van der Waals surface area contributed by atoms with Gasteiger partial charge in [0.15, 0.2) is 12.7 Å². The normalized spacial score (nSPS) is 10.7. The zero-order valence-corrected chi connectivity index (χ0v) is 26.3. The fourth-order valence-electron chi connectivity index (χ4n) is 4.72. The first-order chi connectivity index (χ1) is 18.6. The summed E-state index contributed by atoms with van der Waals surface area (Å²) in [5.74, 6) is 0.875. The number of para-hydroxylation sites is 1. The minimum absolute atomic E-state index is 0. The predicted molar refractivity (Wildman–Crippen MR) is 160 cm³/mol. The molecule has 214 valence electrons. The zero-order valence-electron chi connectivity index (χ0n) is 23.9. The molecular weight excluding hydrogens is 568 g/mol. The Labute approximate surface area is 251 Å². The number of nitrogens with one attached hydrogen (secondary N) is 1. The lowest BCUT2D eigenvalue weighted by molar-refractivity contribution is -0.683. The quantitative estimate of drug-likeness (QED) is 0.140. The molecule has 0 saturated heterocycles. The van der Waals surface area contributed by atoms with E-state index in [1.807, 2.05) is 42.5 Å². The molecule has 0 saturated carbocycles. The summed E-state index contributed by atoms with van der Waals surface area (Å²) in [6.45, 7) is 5.88. The van der Waals surface area contributed by atoms with Gasteiger partial charge in [0, 0.05) is 5.56 Å². The van der Waals surface area contributed by atoms with Gasteiger partial charge >= 0.3 is 0 Å². The minimum Gasteiger partial charge on any atom is -1.00 e. The van der Waals surface area contributed by atoms with Gasteiger partial charge in [-0.3, -0.25) is 4.79 Å². The van der Waals surface area contributed by atoms with Crippen molar-refractivity contribution in [1.82, 2.24) is 0 Å². The van der Waals surface area contributed by atoms with E-state index in [0.29, 0.717) is 6.42 Å². The largest absolute Gasteiger partial charge is 1.00 e. The van der Waals surface area contributed by atoms with Gasteiger partial charge in [0.1, 0.15) is 5.75 Å². The standard InChI is InChI=1S/C33H46N2O2S.BrH/c1-3-4-5-6-7-8-9-10-11-12-13-16-23-37-31-21-19-29(20-22-31)24-33(36)34-32-18-15-14-17-30(32)26-35-25-28(2)38-27-35;/h14-15,17-22,25,27H,3-13,16,23-24,26H2,1-2H3;1H. The van der Waals surface area contributed by atoms with Crippen LogP contribution >= 0.6 is 11.3 Å². The van der Waals surface area contributed by atoms with Crippen LogP contribution in [0.25, 0.3) is 0 Å². The van der Waals surface area contributed by atoms with Crippen molar-refractivity contribution in [1.29, 1.82) is 0 Å². The highest BCUT2D eigenvalue weighted by Gasteiger charge is 2.12. The van der Waals surface area contributed by atoms with Gasteiger partial charge in [0.25, 0.3) is 0 Å². The number of halogens is 1. The van der Waals surface area contributed by atoms with E-state index in [0.717, 1.165) is 42.1 Å². The molecule has 3 aromatic rings. The number of hydrogen-bond acceptors (Lipinski definition) is 3. The lowest BCUT2D eigenvalue weighted by Gasteiger charge is -2.10. The summed E-state index contributed by atoms with van der Waals surface area (Å²) in [7, 11) is 0. The number of hydrogen-bond donors (Lipinski definition) is 1. The molecule has 6 heteroatoms. The number of benzene rings is 2. The molecule has 1 aromatic heterocycles. The number of unbranched alkanes of at least 4 members (excludes halogenated alkanes) is 11. The van der Waals surface area contributed by atoms with E-state index in [4.69, 9.17) is 4.74 Å². The number of carbonyl (C=O) groups excluding carboxylic acids is 1. The molecule has 0 aliphatic carbocycles. The molecule has 39 heavy (non-hydrogen) atoms. The number of rotatable bonds is 19. The van der Waals surface area contributed by atoms with Gasteiger partial charge in [-0.15, -0.1) is 0 Å². The average molecular weight is 616 g/mol. The summed E-state index contributed by atoms with van der Waals surface area (Å²) in [6.07, 6.45) is 18.6. The Balaban J connectivity index is 0.00000533. The fourth-order valence-corrected chi connectivity index (χ4v) is 5.35. The Morgan fingerprint density at radius 1 is 0.846 bits per heavy atom. The number of thiazole rings is 1. The Kier molecular flexibility index (Phi) is 16.8. The summed E-state index contributed by atoms with van der Waals surface area (Å²) in [5, 5.41) is 3.10. The van der Waals surface area contributed by atoms with Gasteiger partial charge in [0.05, 0.1) is 23.6 Å². The highest BCUT2D eigenvalue weighted by atomic mass is 79.9. The van der Waals surface area contributed by atoms with Crippen molar-refractivity contribution >= 4 is 22.9 Å². The first-order valence-corrected chi connectivity index (χ1v) is 15.6. The summed E-state index contributed by atoms with van der Waals surface area (Å²) in [4.78, 5) is 14.0. The molecule has 3 rings (SSSR count). The summed E-state index contributed by atoms with van der Waals surface area (Å²) >= 11 is 1.72. The molecule has 1 N–H and O–H groups in total. The third kappa shape index (κ3) is 13.6. The molecule has 0 aliphatic rings. The number of nitrogens with zero attached hydrogens (tertiary/aromatic N) is 1. The molecule has 0 unspecified atom stereocenters. The molecule has 0 spiro atoms. The second kappa shape index (κ2) is 19.8. The Morgan fingerprint density at radius 3 is 2.08 bits per heavy atom. The number of ether oxygens (including phenoxy) is 1. The predicted octanol–water partition coefficient (Wildman–Crippen LogP) is 5.66. The van der Waals surface area contributed by atoms with Crippen molar-refractivity contribution in [2.24, 2.45) is 0 Å². The van der Waals surface area contributed by atoms with E-state index in [1.54, 1.807) is 11.3 Å². The van der Waals surface area contributed by atoms with Gasteiger partial charge < -0.3 is 27.0 Å². The van der Waals surface area contributed by atoms with E-state index in [9.17, 15) is 4.79 Å². The van der Waals surface area contributed by atoms with Crippen molar-refractivity contribution in [3.63, 3.8) is 0 Å². The van der Waals surface area contributed by atoms with Crippen LogP contribution < -0.4 is 31.6 Å². The molecular formula is C33H47BrN2O2S. The van der Waals surface area contributed by atoms with Gasteiger partial charge in [-0.25, -0.2) is 0 Å². The SMILES string of the molecule is CCCCCCCCCCCCCCOc1ccc(CC(=O)Nc2ccccc2C[n+]2csc(C)c2)cc1.[Br-]. The van der Waals surface area contributed by atoms with Crippen molar-refractivity contribution in [2.45, 2.75) is 104 Å². The maximum Gasteiger partial charge on any atom is 0.228 e. The first-order valence-electron chi connectivity index (χ1n) is 14.7. The van der Waals surface area contributed by atoms with Crippen LogP contribution in [0.2, 0.25) is 0 Å². The number of carbonyl (C=O) groups is 1. The summed E-state index contributed by atoms with van der Waals surface area (Å²) in [5.41, 5.74) is 5.07. The molecule has 1 amide bonds. The smallest absolute Gasteiger partial charge is 0.228 e. The summed E-state index contributed by atoms with van der Waals surface area (Å²) < 4.78 is 8.08. The van der Waals surface area contributed by atoms with Gasteiger partial charge in [-0.2, -0.15) is 4.57 Å². The van der Waals surface area contributed by atoms with Gasteiger partial charge in [-0.05, 0) is 37.1 Å². The highest BCUT2D eigenvalue weighted by Crippen LogP contribution is 2.18. The third-order valence-electron chi connectivity index (χ3n) is 6.92. The fraction of sp³-hybridized carbons (Fsp3) is 0.515. The second-order valence-electron chi connectivity index (χ2n) is 10.4. The van der Waals surface area contributed by atoms with Crippen LogP contribution in [0.5, 0.6) is 5.75 Å².